The normalized spacial score (nSPS) is 14.1. The predicted molar refractivity (Wildman–Crippen MR) is 83.9 cm³/mol. The molecule has 1 atom stereocenters. The first-order valence-corrected chi connectivity index (χ1v) is 7.74. The van der Waals surface area contributed by atoms with Gasteiger partial charge in [-0.05, 0) is 51.4 Å². The van der Waals surface area contributed by atoms with Crippen molar-refractivity contribution in [2.45, 2.75) is 37.4 Å². The third-order valence-corrected chi connectivity index (χ3v) is 4.43. The Morgan fingerprint density at radius 2 is 2.30 bits per heavy atom. The predicted octanol–water partition coefficient (Wildman–Crippen LogP) is 3.25. The molecule has 2 aromatic rings. The van der Waals surface area contributed by atoms with Crippen LogP contribution in [0.2, 0.25) is 0 Å². The maximum absolute atomic E-state index is 9.09. The van der Waals surface area contributed by atoms with Gasteiger partial charge in [-0.1, -0.05) is 17.8 Å². The van der Waals surface area contributed by atoms with Gasteiger partial charge in [0, 0.05) is 5.75 Å². The minimum Gasteiger partial charge on any atom is -0.333 e. The Morgan fingerprint density at radius 3 is 3.00 bits per heavy atom. The molecule has 0 saturated heterocycles. The zero-order valence-electron chi connectivity index (χ0n) is 12.2. The monoisotopic (exact) mass is 288 g/mol. The molecule has 0 radical (unpaired) electrons. The molecule has 106 valence electrons. The second-order valence-corrected chi connectivity index (χ2v) is 6.29. The summed E-state index contributed by atoms with van der Waals surface area (Å²) in [6, 6.07) is 8.53. The molecular weight excluding hydrogens is 268 g/mol. The number of fused-ring (bicyclic) bond motifs is 1. The summed E-state index contributed by atoms with van der Waals surface area (Å²) < 4.78 is 0. The van der Waals surface area contributed by atoms with E-state index in [2.05, 4.69) is 40.4 Å². The molecule has 1 unspecified atom stereocenters. The number of rotatable bonds is 6. The van der Waals surface area contributed by atoms with Crippen molar-refractivity contribution in [1.29, 1.82) is 5.26 Å². The van der Waals surface area contributed by atoms with E-state index in [9.17, 15) is 0 Å². The summed E-state index contributed by atoms with van der Waals surface area (Å²) in [5.74, 6) is 0.956. The molecule has 4 nitrogen and oxygen atoms in total. The number of nitrogens with zero attached hydrogens (tertiary/aromatic N) is 2. The van der Waals surface area contributed by atoms with Gasteiger partial charge in [-0.2, -0.15) is 5.26 Å². The Morgan fingerprint density at radius 1 is 1.50 bits per heavy atom. The molecular formula is C15H20N4S. The van der Waals surface area contributed by atoms with Crippen LogP contribution < -0.4 is 5.32 Å². The van der Waals surface area contributed by atoms with Crippen molar-refractivity contribution in [1.82, 2.24) is 15.3 Å². The van der Waals surface area contributed by atoms with E-state index in [0.29, 0.717) is 0 Å². The molecule has 1 aromatic carbocycles. The van der Waals surface area contributed by atoms with Crippen LogP contribution in [0.5, 0.6) is 0 Å². The number of aromatic nitrogens is 2. The number of thioether (sulfide) groups is 1. The summed E-state index contributed by atoms with van der Waals surface area (Å²) in [7, 11) is 1.83. The lowest BCUT2D eigenvalue weighted by molar-refractivity contribution is 0.451. The summed E-state index contributed by atoms with van der Waals surface area (Å²) in [5, 5.41) is 13.1. The van der Waals surface area contributed by atoms with Crippen LogP contribution in [-0.2, 0) is 0 Å². The van der Waals surface area contributed by atoms with Crippen molar-refractivity contribution in [2.75, 3.05) is 12.8 Å². The summed E-state index contributed by atoms with van der Waals surface area (Å²) in [6.07, 6.45) is 1.82. The van der Waals surface area contributed by atoms with Gasteiger partial charge in [0.25, 0.3) is 0 Å². The molecule has 0 bridgehead atoms. The highest BCUT2D eigenvalue weighted by Gasteiger charge is 2.20. The van der Waals surface area contributed by atoms with E-state index in [1.807, 2.05) is 20.0 Å². The highest BCUT2D eigenvalue weighted by molar-refractivity contribution is 7.99. The third kappa shape index (κ3) is 3.53. The van der Waals surface area contributed by atoms with Crippen LogP contribution in [0.15, 0.2) is 23.4 Å². The Labute approximate surface area is 124 Å². The highest BCUT2D eigenvalue weighted by Crippen LogP contribution is 2.22. The van der Waals surface area contributed by atoms with Crippen LogP contribution in [-0.4, -0.2) is 28.3 Å². The van der Waals surface area contributed by atoms with Crippen molar-refractivity contribution in [3.05, 3.63) is 23.8 Å². The smallest absolute Gasteiger partial charge is 0.166 e. The number of aryl methyl sites for hydroxylation is 1. The van der Waals surface area contributed by atoms with Gasteiger partial charge in [0.05, 0.1) is 17.1 Å². The first-order valence-electron chi connectivity index (χ1n) is 6.76. The lowest BCUT2D eigenvalue weighted by atomic mass is 9.99. The largest absolute Gasteiger partial charge is 0.333 e. The second kappa shape index (κ2) is 6.29. The molecule has 5 heteroatoms. The van der Waals surface area contributed by atoms with Crippen LogP contribution in [0.1, 0.15) is 25.3 Å². The van der Waals surface area contributed by atoms with E-state index >= 15 is 0 Å². The summed E-state index contributed by atoms with van der Waals surface area (Å²) >= 11 is 1.71. The maximum Gasteiger partial charge on any atom is 0.166 e. The van der Waals surface area contributed by atoms with Crippen molar-refractivity contribution in [3.8, 4) is 6.07 Å². The quantitative estimate of drug-likeness (QED) is 0.632. The molecule has 0 aliphatic rings. The molecule has 1 aromatic heterocycles. The van der Waals surface area contributed by atoms with Gasteiger partial charge in [0.15, 0.2) is 5.16 Å². The van der Waals surface area contributed by atoms with Crippen molar-refractivity contribution >= 4 is 22.8 Å². The number of nitriles is 1. The van der Waals surface area contributed by atoms with Gasteiger partial charge in [-0.3, -0.25) is 0 Å². The van der Waals surface area contributed by atoms with E-state index in [1.54, 1.807) is 11.8 Å². The van der Waals surface area contributed by atoms with E-state index in [0.717, 1.165) is 34.8 Å². The minimum absolute atomic E-state index is 0.425. The number of benzene rings is 1. The van der Waals surface area contributed by atoms with E-state index < -0.39 is 5.54 Å². The van der Waals surface area contributed by atoms with Crippen LogP contribution >= 0.6 is 11.8 Å². The molecule has 20 heavy (non-hydrogen) atoms. The number of H-pyrrole nitrogens is 1. The topological polar surface area (TPSA) is 64.5 Å². The fraction of sp³-hybridized carbons (Fsp3) is 0.467. The molecule has 2 N–H and O–H groups in total. The first-order chi connectivity index (χ1) is 9.56. The van der Waals surface area contributed by atoms with Gasteiger partial charge in [-0.25, -0.2) is 4.98 Å². The van der Waals surface area contributed by atoms with Crippen molar-refractivity contribution in [2.24, 2.45) is 0 Å². The SMILES string of the molecule is CNC(C)(C#N)CCCSc1nc2ccc(C)cc2[nH]1. The van der Waals surface area contributed by atoms with Gasteiger partial charge in [0.2, 0.25) is 0 Å². The molecule has 2 rings (SSSR count). The van der Waals surface area contributed by atoms with Crippen molar-refractivity contribution in [3.63, 3.8) is 0 Å². The van der Waals surface area contributed by atoms with Crippen molar-refractivity contribution < 1.29 is 0 Å². The number of imidazole rings is 1. The molecule has 0 aliphatic carbocycles. The Kier molecular flexibility index (Phi) is 4.69. The van der Waals surface area contributed by atoms with Gasteiger partial charge in [-0.15, -0.1) is 0 Å². The van der Waals surface area contributed by atoms with Crippen LogP contribution in [0.4, 0.5) is 0 Å². The summed E-state index contributed by atoms with van der Waals surface area (Å²) in [4.78, 5) is 7.89. The number of nitrogens with one attached hydrogen (secondary N) is 2. The molecule has 0 spiro atoms. The molecule has 0 aliphatic heterocycles. The van der Waals surface area contributed by atoms with E-state index in [-0.39, 0.29) is 0 Å². The highest BCUT2D eigenvalue weighted by atomic mass is 32.2. The second-order valence-electron chi connectivity index (χ2n) is 5.21. The third-order valence-electron chi connectivity index (χ3n) is 3.47. The van der Waals surface area contributed by atoms with E-state index in [4.69, 9.17) is 5.26 Å². The zero-order valence-corrected chi connectivity index (χ0v) is 13.0. The number of aromatic amines is 1. The molecule has 0 saturated carbocycles. The van der Waals surface area contributed by atoms with Crippen LogP contribution in [0.25, 0.3) is 11.0 Å². The molecule has 0 amide bonds. The lowest BCUT2D eigenvalue weighted by Crippen LogP contribution is -2.37. The van der Waals surface area contributed by atoms with Gasteiger partial charge in [0.1, 0.15) is 5.54 Å². The van der Waals surface area contributed by atoms with Gasteiger partial charge < -0.3 is 10.3 Å². The lowest BCUT2D eigenvalue weighted by Gasteiger charge is -2.19. The number of hydrogen-bond donors (Lipinski definition) is 2. The van der Waals surface area contributed by atoms with Crippen LogP contribution in [0.3, 0.4) is 0 Å². The van der Waals surface area contributed by atoms with Crippen LogP contribution in [0, 0.1) is 18.3 Å². The Balaban J connectivity index is 1.89. The Bertz CT molecular complexity index is 628. The average Bonchev–Trinajstić information content (AvgIpc) is 2.85. The minimum atomic E-state index is -0.425. The fourth-order valence-electron chi connectivity index (χ4n) is 2.00. The molecule has 0 fully saturated rings. The van der Waals surface area contributed by atoms with E-state index in [1.165, 1.54) is 5.56 Å². The Hall–Kier alpha value is -1.51. The average molecular weight is 288 g/mol. The maximum atomic E-state index is 9.09. The fourth-order valence-corrected chi connectivity index (χ4v) is 2.83. The summed E-state index contributed by atoms with van der Waals surface area (Å²) in [5.41, 5.74) is 2.90. The standard InChI is InChI=1S/C15H20N4S/c1-11-5-6-12-13(9-11)19-14(18-12)20-8-4-7-15(2,10-16)17-3/h5-6,9,17H,4,7-8H2,1-3H3,(H,18,19). The molecule has 1 heterocycles. The number of hydrogen-bond acceptors (Lipinski definition) is 4. The first kappa shape index (κ1) is 14.9. The van der Waals surface area contributed by atoms with Gasteiger partial charge >= 0.3 is 0 Å². The summed E-state index contributed by atoms with van der Waals surface area (Å²) in [6.45, 7) is 4.01. The zero-order chi connectivity index (χ0) is 14.6.